The number of amides is 2. The third-order valence-corrected chi connectivity index (χ3v) is 6.03. The van der Waals surface area contributed by atoms with E-state index in [0.717, 1.165) is 12.1 Å². The zero-order chi connectivity index (χ0) is 24.3. The van der Waals surface area contributed by atoms with Gasteiger partial charge in [-0.25, -0.2) is 9.78 Å². The Morgan fingerprint density at radius 3 is 2.59 bits per heavy atom. The molecule has 34 heavy (non-hydrogen) atoms. The van der Waals surface area contributed by atoms with Crippen LogP contribution < -0.4 is 10.2 Å². The van der Waals surface area contributed by atoms with Crippen LogP contribution in [0.3, 0.4) is 0 Å². The maximum atomic E-state index is 13.5. The smallest absolute Gasteiger partial charge is 0.416 e. The zero-order valence-corrected chi connectivity index (χ0v) is 17.6. The van der Waals surface area contributed by atoms with Crippen molar-refractivity contribution >= 4 is 34.7 Å². The van der Waals surface area contributed by atoms with Crippen LogP contribution in [0.1, 0.15) is 34.0 Å². The highest BCUT2D eigenvalue weighted by molar-refractivity contribution is 6.13. The van der Waals surface area contributed by atoms with E-state index in [1.165, 1.54) is 17.0 Å². The molecule has 172 valence electrons. The van der Waals surface area contributed by atoms with Crippen LogP contribution in [0.25, 0.3) is 11.0 Å². The molecule has 1 aromatic heterocycles. The van der Waals surface area contributed by atoms with Crippen molar-refractivity contribution in [2.24, 2.45) is 0 Å². The van der Waals surface area contributed by atoms with E-state index in [4.69, 9.17) is 5.11 Å². The Labute approximate surface area is 190 Å². The minimum atomic E-state index is -4.57. The summed E-state index contributed by atoms with van der Waals surface area (Å²) in [6.07, 6.45) is -5.85. The lowest BCUT2D eigenvalue weighted by Gasteiger charge is -2.37. The van der Waals surface area contributed by atoms with Gasteiger partial charge in [-0.1, -0.05) is 30.3 Å². The number of aromatic nitrogens is 2. The molecule has 0 aliphatic carbocycles. The number of fused-ring (bicyclic) bond motifs is 2. The van der Waals surface area contributed by atoms with E-state index in [9.17, 15) is 22.8 Å². The molecule has 1 aliphatic rings. The first kappa shape index (κ1) is 21.5. The monoisotopic (exact) mass is 466 g/mol. The molecule has 0 saturated heterocycles. The Hall–Kier alpha value is -4.34. The molecule has 3 aromatic carbocycles. The van der Waals surface area contributed by atoms with E-state index in [1.807, 2.05) is 0 Å². The van der Waals surface area contributed by atoms with Gasteiger partial charge in [0.1, 0.15) is 0 Å². The van der Waals surface area contributed by atoms with Crippen molar-refractivity contribution in [2.45, 2.75) is 18.6 Å². The average molecular weight is 466 g/mol. The highest BCUT2D eigenvalue weighted by Gasteiger charge is 2.48. The second-order valence-electron chi connectivity index (χ2n) is 8.05. The summed E-state index contributed by atoms with van der Waals surface area (Å²) in [5.41, 5.74) is 0.739. The van der Waals surface area contributed by atoms with Gasteiger partial charge < -0.3 is 10.1 Å². The number of anilines is 2. The van der Waals surface area contributed by atoms with Gasteiger partial charge in [0.2, 0.25) is 5.95 Å². The number of hydrogen-bond acceptors (Lipinski definition) is 3. The average Bonchev–Trinajstić information content (AvgIpc) is 3.29. The minimum absolute atomic E-state index is 0.0300. The normalized spacial score (nSPS) is 17.8. The van der Waals surface area contributed by atoms with Gasteiger partial charge in [-0.05, 0) is 54.4 Å². The highest BCUT2D eigenvalue weighted by Crippen LogP contribution is 2.47. The minimum Gasteiger partial charge on any atom is -0.465 e. The third-order valence-electron chi connectivity index (χ3n) is 6.03. The number of carbonyl (C=O) groups excluding carboxylic acids is 1. The number of benzene rings is 3. The molecule has 2 amide bonds. The summed E-state index contributed by atoms with van der Waals surface area (Å²) in [6, 6.07) is 16.7. The number of hydrogen-bond donors (Lipinski definition) is 3. The summed E-state index contributed by atoms with van der Waals surface area (Å²) in [6.45, 7) is 1.77. The molecule has 0 fully saturated rings. The predicted molar refractivity (Wildman–Crippen MR) is 119 cm³/mol. The molecule has 1 aliphatic heterocycles. The first-order valence-electron chi connectivity index (χ1n) is 10.2. The fourth-order valence-corrected chi connectivity index (χ4v) is 4.49. The van der Waals surface area contributed by atoms with Crippen LogP contribution in [-0.4, -0.2) is 27.1 Å². The van der Waals surface area contributed by atoms with Crippen molar-refractivity contribution < 1.29 is 27.9 Å². The molecule has 7 nitrogen and oxygen atoms in total. The maximum absolute atomic E-state index is 13.5. The number of carbonyl (C=O) groups is 2. The first-order chi connectivity index (χ1) is 16.1. The Balaban J connectivity index is 1.70. The largest absolute Gasteiger partial charge is 0.465 e. The van der Waals surface area contributed by atoms with Crippen molar-refractivity contribution in [2.75, 3.05) is 10.2 Å². The highest BCUT2D eigenvalue weighted by atomic mass is 19.4. The topological polar surface area (TPSA) is 98.3 Å². The molecule has 0 bridgehead atoms. The maximum Gasteiger partial charge on any atom is 0.416 e. The van der Waals surface area contributed by atoms with Crippen molar-refractivity contribution in [3.63, 3.8) is 0 Å². The van der Waals surface area contributed by atoms with Crippen molar-refractivity contribution in [3.05, 3.63) is 89.0 Å². The standard InChI is InChI=1S/C24H17F3N4O3/c1-23(13-9-10-18-19(12-13)29-21(28-18)30-22(33)34)17-8-3-2-7-16(17)20(32)31(23)15-6-4-5-14(11-15)24(25,26)27/h2-12H,1H3,(H,33,34)(H2,28,29,30). The Morgan fingerprint density at radius 1 is 1.09 bits per heavy atom. The molecule has 2 heterocycles. The van der Waals surface area contributed by atoms with E-state index < -0.39 is 29.3 Å². The number of halogens is 3. The summed E-state index contributed by atoms with van der Waals surface area (Å²) in [7, 11) is 0. The van der Waals surface area contributed by atoms with Crippen LogP contribution in [0.2, 0.25) is 0 Å². The van der Waals surface area contributed by atoms with Gasteiger partial charge in [0.05, 0.1) is 22.1 Å². The third kappa shape index (κ3) is 3.26. The zero-order valence-electron chi connectivity index (χ0n) is 17.6. The SMILES string of the molecule is CC1(c2ccc3nc(NC(=O)O)[nH]c3c2)c2ccccc2C(=O)N1c1cccc(C(F)(F)F)c1. The second-order valence-corrected chi connectivity index (χ2v) is 8.05. The molecule has 0 radical (unpaired) electrons. The van der Waals surface area contributed by atoms with Crippen LogP contribution in [0.15, 0.2) is 66.7 Å². The molecular formula is C24H17F3N4O3. The molecule has 3 N–H and O–H groups in total. The van der Waals surface area contributed by atoms with Gasteiger partial charge in [0.15, 0.2) is 0 Å². The number of rotatable bonds is 3. The van der Waals surface area contributed by atoms with Gasteiger partial charge in [0, 0.05) is 11.3 Å². The van der Waals surface area contributed by atoms with Crippen LogP contribution in [-0.2, 0) is 11.7 Å². The first-order valence-corrected chi connectivity index (χ1v) is 10.2. The van der Waals surface area contributed by atoms with E-state index in [0.29, 0.717) is 27.7 Å². The Morgan fingerprint density at radius 2 is 1.85 bits per heavy atom. The lowest BCUT2D eigenvalue weighted by atomic mass is 9.84. The number of H-pyrrole nitrogens is 1. The van der Waals surface area contributed by atoms with E-state index in [-0.39, 0.29) is 11.6 Å². The van der Waals surface area contributed by atoms with Crippen LogP contribution in [0.4, 0.5) is 29.6 Å². The fraction of sp³-hybridized carbons (Fsp3) is 0.125. The van der Waals surface area contributed by atoms with Gasteiger partial charge >= 0.3 is 12.3 Å². The van der Waals surface area contributed by atoms with Gasteiger partial charge in [-0.3, -0.25) is 15.0 Å². The van der Waals surface area contributed by atoms with E-state index in [1.54, 1.807) is 49.4 Å². The Bertz CT molecular complexity index is 1460. The Kier molecular flexibility index (Phi) is 4.64. The molecule has 1 atom stereocenters. The summed E-state index contributed by atoms with van der Waals surface area (Å²) in [4.78, 5) is 32.8. The predicted octanol–water partition coefficient (Wildman–Crippen LogP) is 5.60. The number of carboxylic acid groups (broad SMARTS) is 1. The van der Waals surface area contributed by atoms with Crippen LogP contribution in [0.5, 0.6) is 0 Å². The quantitative estimate of drug-likeness (QED) is 0.366. The van der Waals surface area contributed by atoms with Crippen molar-refractivity contribution in [1.82, 2.24) is 9.97 Å². The second kappa shape index (κ2) is 7.34. The lowest BCUT2D eigenvalue weighted by molar-refractivity contribution is -0.137. The van der Waals surface area contributed by atoms with Crippen molar-refractivity contribution in [3.8, 4) is 0 Å². The fourth-order valence-electron chi connectivity index (χ4n) is 4.49. The van der Waals surface area contributed by atoms with Crippen molar-refractivity contribution in [1.29, 1.82) is 0 Å². The van der Waals surface area contributed by atoms with Crippen LogP contribution in [0, 0.1) is 0 Å². The number of nitrogens with one attached hydrogen (secondary N) is 2. The number of imidazole rings is 1. The summed E-state index contributed by atoms with van der Waals surface area (Å²) in [5.74, 6) is -0.391. The molecule has 0 spiro atoms. The number of alkyl halides is 3. The van der Waals surface area contributed by atoms with Gasteiger partial charge in [-0.15, -0.1) is 0 Å². The van der Waals surface area contributed by atoms with E-state index >= 15 is 0 Å². The van der Waals surface area contributed by atoms with Gasteiger partial charge in [-0.2, -0.15) is 13.2 Å². The van der Waals surface area contributed by atoms with Gasteiger partial charge in [0.25, 0.3) is 5.91 Å². The molecule has 4 aromatic rings. The number of aromatic amines is 1. The molecule has 5 rings (SSSR count). The number of nitrogens with zero attached hydrogens (tertiary/aromatic N) is 2. The molecule has 0 saturated carbocycles. The molecule has 1 unspecified atom stereocenters. The molecular weight excluding hydrogens is 449 g/mol. The van der Waals surface area contributed by atoms with Crippen LogP contribution >= 0.6 is 0 Å². The summed E-state index contributed by atoms with van der Waals surface area (Å²) < 4.78 is 40.3. The van der Waals surface area contributed by atoms with E-state index in [2.05, 4.69) is 15.3 Å². The lowest BCUT2D eigenvalue weighted by Crippen LogP contribution is -2.42. The summed E-state index contributed by atoms with van der Waals surface area (Å²) >= 11 is 0. The molecule has 10 heteroatoms. The summed E-state index contributed by atoms with van der Waals surface area (Å²) in [5, 5.41) is 11.1.